The summed E-state index contributed by atoms with van der Waals surface area (Å²) in [6, 6.07) is 16.2. The zero-order valence-electron chi connectivity index (χ0n) is 18.3. The standard InChI is InChI=1S/C28H30N2/c1-6-9-12-16-22(4)28(25-18-13-11-14-19-25)29-23(5)26-20-15-21-27(30-26)24(8-3)17-10-7-2/h6-21H,3H2,1-2,4-5H3/b9-6-,10-7-,16-12-,24-17+,28-22+,29-23+. The van der Waals surface area contributed by atoms with E-state index in [4.69, 9.17) is 9.98 Å². The quantitative estimate of drug-likeness (QED) is 0.334. The van der Waals surface area contributed by atoms with Gasteiger partial charge in [-0.15, -0.1) is 0 Å². The molecule has 0 atom stereocenters. The minimum atomic E-state index is 0.847. The molecule has 0 aliphatic heterocycles. The number of hydrogen-bond acceptors (Lipinski definition) is 2. The zero-order valence-corrected chi connectivity index (χ0v) is 18.3. The second-order valence-electron chi connectivity index (χ2n) is 6.74. The SMILES string of the molecule is C=C/C(=C\C=C/C)c1cccc(/C(C)=N/C(=C(C)/C=C\C=C/C)c2ccccc2)n1. The summed E-state index contributed by atoms with van der Waals surface area (Å²) in [6.45, 7) is 12.0. The monoisotopic (exact) mass is 394 g/mol. The van der Waals surface area contributed by atoms with Gasteiger partial charge in [0.25, 0.3) is 0 Å². The number of pyridine rings is 1. The highest BCUT2D eigenvalue weighted by Crippen LogP contribution is 2.23. The third-order valence-corrected chi connectivity index (χ3v) is 4.45. The van der Waals surface area contributed by atoms with E-state index in [-0.39, 0.29) is 0 Å². The topological polar surface area (TPSA) is 25.2 Å². The third-order valence-electron chi connectivity index (χ3n) is 4.45. The molecule has 0 saturated heterocycles. The predicted octanol–water partition coefficient (Wildman–Crippen LogP) is 7.60. The lowest BCUT2D eigenvalue weighted by Crippen LogP contribution is -2.02. The molecule has 2 heteroatoms. The van der Waals surface area contributed by atoms with E-state index in [9.17, 15) is 0 Å². The van der Waals surface area contributed by atoms with Crippen molar-refractivity contribution in [3.8, 4) is 0 Å². The maximum absolute atomic E-state index is 4.98. The largest absolute Gasteiger partial charge is 0.251 e. The summed E-state index contributed by atoms with van der Waals surface area (Å²) in [7, 11) is 0. The first-order valence-corrected chi connectivity index (χ1v) is 10.1. The van der Waals surface area contributed by atoms with E-state index in [2.05, 4.69) is 31.7 Å². The van der Waals surface area contributed by atoms with Crippen molar-refractivity contribution in [3.05, 3.63) is 126 Å². The molecule has 0 aliphatic carbocycles. The highest BCUT2D eigenvalue weighted by Gasteiger charge is 2.08. The second-order valence-corrected chi connectivity index (χ2v) is 6.74. The van der Waals surface area contributed by atoms with Gasteiger partial charge in [-0.05, 0) is 51.0 Å². The van der Waals surface area contributed by atoms with Crippen molar-refractivity contribution >= 4 is 17.0 Å². The van der Waals surface area contributed by atoms with Gasteiger partial charge in [-0.1, -0.05) is 91.6 Å². The summed E-state index contributed by atoms with van der Waals surface area (Å²) in [6.07, 6.45) is 15.9. The van der Waals surface area contributed by atoms with Gasteiger partial charge >= 0.3 is 0 Å². The van der Waals surface area contributed by atoms with Crippen LogP contribution in [0.3, 0.4) is 0 Å². The number of rotatable bonds is 8. The number of aromatic nitrogens is 1. The lowest BCUT2D eigenvalue weighted by Gasteiger charge is -2.09. The van der Waals surface area contributed by atoms with Crippen LogP contribution in [-0.2, 0) is 0 Å². The van der Waals surface area contributed by atoms with E-state index in [0.29, 0.717) is 0 Å². The lowest BCUT2D eigenvalue weighted by atomic mass is 10.1. The number of benzene rings is 1. The van der Waals surface area contributed by atoms with Crippen molar-refractivity contribution < 1.29 is 0 Å². The van der Waals surface area contributed by atoms with Gasteiger partial charge in [0, 0.05) is 5.56 Å². The van der Waals surface area contributed by atoms with Crippen molar-refractivity contribution in [2.45, 2.75) is 27.7 Å². The highest BCUT2D eigenvalue weighted by molar-refractivity contribution is 6.01. The van der Waals surface area contributed by atoms with Crippen LogP contribution in [0.1, 0.15) is 44.6 Å². The molecule has 0 aliphatic rings. The Morgan fingerprint density at radius 1 is 0.867 bits per heavy atom. The van der Waals surface area contributed by atoms with Crippen LogP contribution >= 0.6 is 0 Å². The molecular formula is C28H30N2. The van der Waals surface area contributed by atoms with Gasteiger partial charge in [0.2, 0.25) is 0 Å². The fourth-order valence-electron chi connectivity index (χ4n) is 2.85. The molecule has 0 unspecified atom stereocenters. The summed E-state index contributed by atoms with van der Waals surface area (Å²) >= 11 is 0. The molecule has 1 aromatic heterocycles. The van der Waals surface area contributed by atoms with Gasteiger partial charge in [0.05, 0.1) is 22.8 Å². The molecule has 0 fully saturated rings. The van der Waals surface area contributed by atoms with Crippen molar-refractivity contribution in [2.24, 2.45) is 4.99 Å². The van der Waals surface area contributed by atoms with Crippen LogP contribution in [0.4, 0.5) is 0 Å². The summed E-state index contributed by atoms with van der Waals surface area (Å²) in [5.74, 6) is 0. The fraction of sp³-hybridized carbons (Fsp3) is 0.143. The maximum atomic E-state index is 4.98. The van der Waals surface area contributed by atoms with E-state index in [1.165, 1.54) is 0 Å². The van der Waals surface area contributed by atoms with Crippen molar-refractivity contribution in [1.82, 2.24) is 4.98 Å². The molecular weight excluding hydrogens is 364 g/mol. The van der Waals surface area contributed by atoms with E-state index in [1.807, 2.05) is 99.7 Å². The Balaban J connectivity index is 2.53. The molecule has 0 bridgehead atoms. The minimum absolute atomic E-state index is 0.847. The normalized spacial score (nSPS) is 14.0. The first kappa shape index (κ1) is 22.8. The summed E-state index contributed by atoms with van der Waals surface area (Å²) in [5, 5.41) is 0. The van der Waals surface area contributed by atoms with Gasteiger partial charge in [0.1, 0.15) is 0 Å². The second kappa shape index (κ2) is 12.1. The molecule has 0 N–H and O–H groups in total. The Labute approximate surface area is 181 Å². The molecule has 30 heavy (non-hydrogen) atoms. The smallest absolute Gasteiger partial charge is 0.0849 e. The van der Waals surface area contributed by atoms with E-state index in [0.717, 1.165) is 39.5 Å². The molecule has 0 radical (unpaired) electrons. The minimum Gasteiger partial charge on any atom is -0.251 e. The van der Waals surface area contributed by atoms with Crippen molar-refractivity contribution in [3.63, 3.8) is 0 Å². The van der Waals surface area contributed by atoms with Crippen LogP contribution in [0.15, 0.2) is 114 Å². The van der Waals surface area contributed by atoms with E-state index in [1.54, 1.807) is 0 Å². The Kier molecular flexibility index (Phi) is 9.20. The molecule has 2 nitrogen and oxygen atoms in total. The summed E-state index contributed by atoms with van der Waals surface area (Å²) in [4.78, 5) is 9.81. The Morgan fingerprint density at radius 2 is 1.57 bits per heavy atom. The molecule has 152 valence electrons. The van der Waals surface area contributed by atoms with Crippen LogP contribution in [0, 0.1) is 0 Å². The molecule has 0 saturated carbocycles. The lowest BCUT2D eigenvalue weighted by molar-refractivity contribution is 1.24. The average Bonchev–Trinajstić information content (AvgIpc) is 2.78. The summed E-state index contributed by atoms with van der Waals surface area (Å²) in [5.41, 5.74) is 6.68. The highest BCUT2D eigenvalue weighted by atomic mass is 14.8. The van der Waals surface area contributed by atoms with Crippen molar-refractivity contribution in [1.29, 1.82) is 0 Å². The van der Waals surface area contributed by atoms with Crippen LogP contribution in [0.5, 0.6) is 0 Å². The van der Waals surface area contributed by atoms with Crippen LogP contribution in [0.2, 0.25) is 0 Å². The fourth-order valence-corrected chi connectivity index (χ4v) is 2.85. The number of allylic oxidation sites excluding steroid dienone is 10. The first-order valence-electron chi connectivity index (χ1n) is 10.1. The number of nitrogens with zero attached hydrogens (tertiary/aromatic N) is 2. The Morgan fingerprint density at radius 3 is 2.23 bits per heavy atom. The van der Waals surface area contributed by atoms with E-state index < -0.39 is 0 Å². The van der Waals surface area contributed by atoms with Gasteiger partial charge in [0.15, 0.2) is 0 Å². The molecule has 1 heterocycles. The number of hydrogen-bond donors (Lipinski definition) is 0. The third kappa shape index (κ3) is 6.52. The van der Waals surface area contributed by atoms with Gasteiger partial charge in [-0.3, -0.25) is 4.99 Å². The molecule has 2 rings (SSSR count). The van der Waals surface area contributed by atoms with Gasteiger partial charge in [-0.25, -0.2) is 4.98 Å². The average molecular weight is 395 g/mol. The molecule has 1 aromatic carbocycles. The zero-order chi connectivity index (χ0) is 21.8. The summed E-state index contributed by atoms with van der Waals surface area (Å²) < 4.78 is 0. The molecule has 2 aromatic rings. The molecule has 0 amide bonds. The van der Waals surface area contributed by atoms with Crippen LogP contribution < -0.4 is 0 Å². The molecule has 0 spiro atoms. The van der Waals surface area contributed by atoms with E-state index >= 15 is 0 Å². The maximum Gasteiger partial charge on any atom is 0.0849 e. The van der Waals surface area contributed by atoms with Crippen LogP contribution in [0.25, 0.3) is 11.3 Å². The predicted molar refractivity (Wildman–Crippen MR) is 132 cm³/mol. The number of aliphatic imine (C=N–C) groups is 1. The van der Waals surface area contributed by atoms with Gasteiger partial charge in [-0.2, -0.15) is 0 Å². The van der Waals surface area contributed by atoms with Crippen molar-refractivity contribution in [2.75, 3.05) is 0 Å². The Hall–Kier alpha value is -3.52. The van der Waals surface area contributed by atoms with Crippen LogP contribution in [-0.4, -0.2) is 10.7 Å². The van der Waals surface area contributed by atoms with Gasteiger partial charge < -0.3 is 0 Å². The Bertz CT molecular complexity index is 1030. The first-order chi connectivity index (χ1) is 14.6.